The summed E-state index contributed by atoms with van der Waals surface area (Å²) in [7, 11) is 1.49. The molecule has 0 spiro atoms. The van der Waals surface area contributed by atoms with E-state index in [0.29, 0.717) is 22.0 Å². The second-order valence-corrected chi connectivity index (χ2v) is 7.37. The maximum atomic E-state index is 13.4. The highest BCUT2D eigenvalue weighted by atomic mass is 35.5. The third kappa shape index (κ3) is 3.78. The molecule has 7 heteroatoms. The van der Waals surface area contributed by atoms with Crippen LogP contribution in [0.3, 0.4) is 0 Å². The van der Waals surface area contributed by atoms with Crippen molar-refractivity contribution in [2.24, 2.45) is 0 Å². The van der Waals surface area contributed by atoms with Crippen LogP contribution in [0.2, 0.25) is 5.02 Å². The van der Waals surface area contributed by atoms with Crippen molar-refractivity contribution in [1.82, 2.24) is 0 Å². The topological polar surface area (TPSA) is 58.6 Å². The fraction of sp³-hybridized carbons (Fsp3) is 0.0833. The molecule has 3 aromatic carbocycles. The van der Waals surface area contributed by atoms with E-state index in [1.165, 1.54) is 31.4 Å². The van der Waals surface area contributed by atoms with Crippen molar-refractivity contribution in [2.75, 3.05) is 17.3 Å². The van der Waals surface area contributed by atoms with Crippen LogP contribution in [-0.2, 0) is 9.59 Å². The SMILES string of the molecule is COc1ccccc1C1=C(Nc2ccc(C)c(Cl)c2)C(=O)N(c2ccc(F)cc2)C1=O. The molecule has 156 valence electrons. The molecular weight excluding hydrogens is 419 g/mol. The first kappa shape index (κ1) is 20.6. The number of anilines is 2. The number of para-hydroxylation sites is 1. The smallest absolute Gasteiger partial charge is 0.282 e. The van der Waals surface area contributed by atoms with Gasteiger partial charge in [-0.3, -0.25) is 9.59 Å². The summed E-state index contributed by atoms with van der Waals surface area (Å²) in [5.41, 5.74) is 2.41. The average Bonchev–Trinajstić information content (AvgIpc) is 3.01. The van der Waals surface area contributed by atoms with Gasteiger partial charge in [0.1, 0.15) is 17.3 Å². The molecule has 0 aromatic heterocycles. The summed E-state index contributed by atoms with van der Waals surface area (Å²) < 4.78 is 18.8. The van der Waals surface area contributed by atoms with Crippen LogP contribution in [0.4, 0.5) is 15.8 Å². The van der Waals surface area contributed by atoms with Gasteiger partial charge in [0.05, 0.1) is 18.4 Å². The normalized spacial score (nSPS) is 13.7. The summed E-state index contributed by atoms with van der Waals surface area (Å²) in [6, 6.07) is 17.4. The standard InChI is InChI=1S/C24H18ClFN2O3/c1-14-7-10-16(13-19(14)25)27-22-21(18-5-3-4-6-20(18)31-2)23(29)28(24(22)30)17-11-8-15(26)9-12-17/h3-13,27H,1-2H3. The maximum absolute atomic E-state index is 13.4. The lowest BCUT2D eigenvalue weighted by molar-refractivity contribution is -0.120. The summed E-state index contributed by atoms with van der Waals surface area (Å²) in [5, 5.41) is 3.58. The highest BCUT2D eigenvalue weighted by Crippen LogP contribution is 2.37. The fourth-order valence-electron chi connectivity index (χ4n) is 3.39. The van der Waals surface area contributed by atoms with Gasteiger partial charge in [-0.15, -0.1) is 0 Å². The molecule has 0 bridgehead atoms. The predicted molar refractivity (Wildman–Crippen MR) is 119 cm³/mol. The zero-order valence-corrected chi connectivity index (χ0v) is 17.5. The van der Waals surface area contributed by atoms with Crippen LogP contribution in [0.25, 0.3) is 5.57 Å². The van der Waals surface area contributed by atoms with E-state index in [1.54, 1.807) is 36.4 Å². The molecule has 1 N–H and O–H groups in total. The largest absolute Gasteiger partial charge is 0.496 e. The van der Waals surface area contributed by atoms with E-state index < -0.39 is 17.6 Å². The van der Waals surface area contributed by atoms with Gasteiger partial charge >= 0.3 is 0 Å². The van der Waals surface area contributed by atoms with Crippen LogP contribution in [0, 0.1) is 12.7 Å². The summed E-state index contributed by atoms with van der Waals surface area (Å²) >= 11 is 6.23. The first-order valence-corrected chi connectivity index (χ1v) is 9.83. The first-order valence-electron chi connectivity index (χ1n) is 9.46. The first-order chi connectivity index (χ1) is 14.9. The molecule has 3 aromatic rings. The van der Waals surface area contributed by atoms with Gasteiger partial charge in [-0.05, 0) is 55.0 Å². The number of halogens is 2. The van der Waals surface area contributed by atoms with Crippen LogP contribution in [-0.4, -0.2) is 18.9 Å². The third-order valence-corrected chi connectivity index (χ3v) is 5.39. The van der Waals surface area contributed by atoms with E-state index in [0.717, 1.165) is 10.5 Å². The van der Waals surface area contributed by atoms with E-state index in [9.17, 15) is 14.0 Å². The zero-order valence-electron chi connectivity index (χ0n) is 16.8. The summed E-state index contributed by atoms with van der Waals surface area (Å²) in [6.45, 7) is 1.87. The number of carbonyl (C=O) groups excluding carboxylic acids is 2. The van der Waals surface area contributed by atoms with Crippen LogP contribution < -0.4 is 15.0 Å². The van der Waals surface area contributed by atoms with Gasteiger partial charge in [-0.2, -0.15) is 0 Å². The lowest BCUT2D eigenvalue weighted by Crippen LogP contribution is -2.32. The number of nitrogens with one attached hydrogen (secondary N) is 1. The maximum Gasteiger partial charge on any atom is 0.282 e. The Morgan fingerprint density at radius 1 is 0.968 bits per heavy atom. The molecule has 0 saturated carbocycles. The van der Waals surface area contributed by atoms with Gasteiger partial charge < -0.3 is 10.1 Å². The number of rotatable bonds is 5. The average molecular weight is 437 g/mol. The van der Waals surface area contributed by atoms with Gasteiger partial charge in [0, 0.05) is 16.3 Å². The number of aryl methyl sites for hydroxylation is 1. The Balaban J connectivity index is 1.86. The van der Waals surface area contributed by atoms with E-state index in [-0.39, 0.29) is 17.0 Å². The number of amides is 2. The number of ether oxygens (including phenoxy) is 1. The van der Waals surface area contributed by atoms with Gasteiger partial charge in [0.15, 0.2) is 0 Å². The molecule has 0 radical (unpaired) electrons. The number of methoxy groups -OCH3 is 1. The number of hydrogen-bond donors (Lipinski definition) is 1. The quantitative estimate of drug-likeness (QED) is 0.559. The lowest BCUT2D eigenvalue weighted by Gasteiger charge is -2.15. The Labute approximate surface area is 183 Å². The monoisotopic (exact) mass is 436 g/mol. The van der Waals surface area contributed by atoms with Crippen molar-refractivity contribution in [3.05, 3.63) is 94.4 Å². The Bertz CT molecular complexity index is 1220. The number of hydrogen-bond acceptors (Lipinski definition) is 4. The van der Waals surface area contributed by atoms with Gasteiger partial charge in [0.2, 0.25) is 0 Å². The van der Waals surface area contributed by atoms with E-state index in [1.807, 2.05) is 13.0 Å². The molecule has 1 heterocycles. The van der Waals surface area contributed by atoms with Crippen molar-refractivity contribution in [1.29, 1.82) is 0 Å². The number of carbonyl (C=O) groups is 2. The molecule has 4 rings (SSSR count). The van der Waals surface area contributed by atoms with Gasteiger partial charge in [-0.25, -0.2) is 9.29 Å². The fourth-order valence-corrected chi connectivity index (χ4v) is 3.57. The third-order valence-electron chi connectivity index (χ3n) is 4.99. The van der Waals surface area contributed by atoms with Crippen molar-refractivity contribution < 1.29 is 18.7 Å². The van der Waals surface area contributed by atoms with Crippen LogP contribution in [0.15, 0.2) is 72.4 Å². The molecule has 1 aliphatic rings. The van der Waals surface area contributed by atoms with Crippen molar-refractivity contribution in [2.45, 2.75) is 6.92 Å². The predicted octanol–water partition coefficient (Wildman–Crippen LogP) is 5.19. The summed E-state index contributed by atoms with van der Waals surface area (Å²) in [5.74, 6) is -1.12. The van der Waals surface area contributed by atoms with Crippen molar-refractivity contribution in [3.8, 4) is 5.75 Å². The number of imide groups is 1. The molecular formula is C24H18ClFN2O3. The Morgan fingerprint density at radius 2 is 1.68 bits per heavy atom. The Hall–Kier alpha value is -3.64. The van der Waals surface area contributed by atoms with Gasteiger partial charge in [0.25, 0.3) is 11.8 Å². The van der Waals surface area contributed by atoms with Crippen LogP contribution >= 0.6 is 11.6 Å². The second kappa shape index (κ2) is 8.24. The Morgan fingerprint density at radius 3 is 2.35 bits per heavy atom. The molecule has 0 unspecified atom stereocenters. The number of benzene rings is 3. The van der Waals surface area contributed by atoms with Gasteiger partial charge in [-0.1, -0.05) is 35.9 Å². The molecule has 31 heavy (non-hydrogen) atoms. The van der Waals surface area contributed by atoms with Crippen molar-refractivity contribution >= 4 is 40.4 Å². The Kier molecular flexibility index (Phi) is 5.48. The molecule has 5 nitrogen and oxygen atoms in total. The summed E-state index contributed by atoms with van der Waals surface area (Å²) in [6.07, 6.45) is 0. The summed E-state index contributed by atoms with van der Waals surface area (Å²) in [4.78, 5) is 27.8. The minimum Gasteiger partial charge on any atom is -0.496 e. The molecule has 2 amide bonds. The number of nitrogens with zero attached hydrogens (tertiary/aromatic N) is 1. The van der Waals surface area contributed by atoms with E-state index in [4.69, 9.17) is 16.3 Å². The van der Waals surface area contributed by atoms with Crippen LogP contribution in [0.1, 0.15) is 11.1 Å². The van der Waals surface area contributed by atoms with Crippen LogP contribution in [0.5, 0.6) is 5.75 Å². The zero-order chi connectivity index (χ0) is 22.1. The van der Waals surface area contributed by atoms with E-state index in [2.05, 4.69) is 5.32 Å². The molecule has 0 aliphatic carbocycles. The minimum atomic E-state index is -0.561. The minimum absolute atomic E-state index is 0.0822. The molecule has 0 saturated heterocycles. The van der Waals surface area contributed by atoms with E-state index >= 15 is 0 Å². The second-order valence-electron chi connectivity index (χ2n) is 6.96. The molecule has 1 aliphatic heterocycles. The lowest BCUT2D eigenvalue weighted by atomic mass is 10.0. The highest BCUT2D eigenvalue weighted by molar-refractivity contribution is 6.46. The molecule has 0 atom stereocenters. The molecule has 0 fully saturated rings. The van der Waals surface area contributed by atoms with Crippen molar-refractivity contribution in [3.63, 3.8) is 0 Å². The highest BCUT2D eigenvalue weighted by Gasteiger charge is 2.41.